The van der Waals surface area contributed by atoms with Gasteiger partial charge < -0.3 is 5.32 Å². The second-order valence-corrected chi connectivity index (χ2v) is 4.49. The predicted octanol–water partition coefficient (Wildman–Crippen LogP) is 2.12. The van der Waals surface area contributed by atoms with Crippen LogP contribution in [-0.4, -0.2) is 16.0 Å². The Labute approximate surface area is 101 Å². The Morgan fingerprint density at radius 1 is 1.12 bits per heavy atom. The van der Waals surface area contributed by atoms with Crippen LogP contribution in [0.5, 0.6) is 0 Å². The van der Waals surface area contributed by atoms with E-state index >= 15 is 0 Å². The molecule has 2 aromatic rings. The van der Waals surface area contributed by atoms with Crippen LogP contribution in [0.3, 0.4) is 0 Å². The van der Waals surface area contributed by atoms with Gasteiger partial charge >= 0.3 is 0 Å². The Bertz CT molecular complexity index is 469. The van der Waals surface area contributed by atoms with Crippen LogP contribution in [0.4, 0.5) is 0 Å². The van der Waals surface area contributed by atoms with E-state index in [1.165, 1.54) is 12.0 Å². The number of nitrogens with one attached hydrogen (secondary N) is 1. The summed E-state index contributed by atoms with van der Waals surface area (Å²) >= 11 is 0. The lowest BCUT2D eigenvalue weighted by Crippen LogP contribution is -2.17. The van der Waals surface area contributed by atoms with Crippen molar-refractivity contribution in [3.8, 4) is 0 Å². The molecule has 3 rings (SSSR count). The van der Waals surface area contributed by atoms with Crippen LogP contribution in [0.25, 0.3) is 0 Å². The summed E-state index contributed by atoms with van der Waals surface area (Å²) in [7, 11) is 0. The van der Waals surface area contributed by atoms with Crippen molar-refractivity contribution in [1.29, 1.82) is 0 Å². The molecule has 1 saturated carbocycles. The van der Waals surface area contributed by atoms with E-state index in [0.717, 1.165) is 12.1 Å². The predicted molar refractivity (Wildman–Crippen MR) is 66.5 cm³/mol. The lowest BCUT2D eigenvalue weighted by atomic mass is 10.1. The SMILES string of the molecule is c1ccc(C2CC2NCc2cncnc2)cc1. The molecule has 1 heterocycles. The molecule has 3 nitrogen and oxygen atoms in total. The minimum absolute atomic E-state index is 0.609. The molecular formula is C14H15N3. The zero-order chi connectivity index (χ0) is 11.5. The molecule has 3 heteroatoms. The highest BCUT2D eigenvalue weighted by Gasteiger charge is 2.37. The minimum atomic E-state index is 0.609. The van der Waals surface area contributed by atoms with Gasteiger partial charge in [0.25, 0.3) is 0 Å². The molecule has 0 spiro atoms. The standard InChI is InChI=1S/C14H15N3/c1-2-4-12(5-3-1)13-6-14(13)17-9-11-7-15-10-16-8-11/h1-5,7-8,10,13-14,17H,6,9H2. The second-order valence-electron chi connectivity index (χ2n) is 4.49. The van der Waals surface area contributed by atoms with Crippen LogP contribution in [0.15, 0.2) is 49.1 Å². The molecule has 1 N–H and O–H groups in total. The third-order valence-electron chi connectivity index (χ3n) is 3.20. The van der Waals surface area contributed by atoms with Crippen LogP contribution in [0.2, 0.25) is 0 Å². The average molecular weight is 225 g/mol. The third kappa shape index (κ3) is 2.50. The van der Waals surface area contributed by atoms with Crippen molar-refractivity contribution >= 4 is 0 Å². The van der Waals surface area contributed by atoms with Crippen molar-refractivity contribution in [3.63, 3.8) is 0 Å². The van der Waals surface area contributed by atoms with Gasteiger partial charge in [-0.1, -0.05) is 30.3 Å². The Balaban J connectivity index is 1.53. The van der Waals surface area contributed by atoms with Crippen LogP contribution < -0.4 is 5.32 Å². The highest BCUT2D eigenvalue weighted by molar-refractivity contribution is 5.27. The highest BCUT2D eigenvalue weighted by Crippen LogP contribution is 2.40. The number of aromatic nitrogens is 2. The average Bonchev–Trinajstić information content (AvgIpc) is 3.18. The maximum Gasteiger partial charge on any atom is 0.115 e. The first kappa shape index (κ1) is 10.4. The van der Waals surface area contributed by atoms with Crippen molar-refractivity contribution < 1.29 is 0 Å². The van der Waals surface area contributed by atoms with Crippen molar-refractivity contribution in [2.75, 3.05) is 0 Å². The molecule has 0 saturated heterocycles. The number of hydrogen-bond acceptors (Lipinski definition) is 3. The molecule has 0 aliphatic heterocycles. The van der Waals surface area contributed by atoms with Gasteiger partial charge in [0, 0.05) is 36.5 Å². The minimum Gasteiger partial charge on any atom is -0.309 e. The summed E-state index contributed by atoms with van der Waals surface area (Å²) in [6.07, 6.45) is 6.52. The van der Waals surface area contributed by atoms with E-state index in [1.54, 1.807) is 6.33 Å². The molecule has 86 valence electrons. The van der Waals surface area contributed by atoms with E-state index in [1.807, 2.05) is 12.4 Å². The molecular weight excluding hydrogens is 210 g/mol. The maximum absolute atomic E-state index is 4.01. The van der Waals surface area contributed by atoms with Crippen LogP contribution in [-0.2, 0) is 6.54 Å². The summed E-state index contributed by atoms with van der Waals surface area (Å²) in [5, 5.41) is 3.54. The van der Waals surface area contributed by atoms with Crippen molar-refractivity contribution in [2.45, 2.75) is 24.9 Å². The Hall–Kier alpha value is -1.74. The highest BCUT2D eigenvalue weighted by atomic mass is 15.0. The second kappa shape index (κ2) is 4.63. The Morgan fingerprint density at radius 3 is 2.65 bits per heavy atom. The smallest absolute Gasteiger partial charge is 0.115 e. The summed E-state index contributed by atoms with van der Waals surface area (Å²) in [4.78, 5) is 8.02. The molecule has 0 radical (unpaired) electrons. The molecule has 17 heavy (non-hydrogen) atoms. The molecule has 1 aromatic carbocycles. The summed E-state index contributed by atoms with van der Waals surface area (Å²) in [6, 6.07) is 11.3. The van der Waals surface area contributed by atoms with Gasteiger partial charge in [-0.3, -0.25) is 0 Å². The summed E-state index contributed by atoms with van der Waals surface area (Å²) < 4.78 is 0. The van der Waals surface area contributed by atoms with Crippen molar-refractivity contribution in [2.24, 2.45) is 0 Å². The van der Waals surface area contributed by atoms with E-state index in [2.05, 4.69) is 45.6 Å². The lowest BCUT2D eigenvalue weighted by Gasteiger charge is -2.03. The van der Waals surface area contributed by atoms with Gasteiger partial charge in [0.05, 0.1) is 0 Å². The fraction of sp³-hybridized carbons (Fsp3) is 0.286. The monoisotopic (exact) mass is 225 g/mol. The zero-order valence-electron chi connectivity index (χ0n) is 9.58. The first-order chi connectivity index (χ1) is 8.43. The molecule has 2 atom stereocenters. The van der Waals surface area contributed by atoms with E-state index in [-0.39, 0.29) is 0 Å². The van der Waals surface area contributed by atoms with E-state index < -0.39 is 0 Å². The van der Waals surface area contributed by atoms with Crippen LogP contribution in [0, 0.1) is 0 Å². The molecule has 0 bridgehead atoms. The van der Waals surface area contributed by atoms with Gasteiger partial charge in [0.2, 0.25) is 0 Å². The first-order valence-electron chi connectivity index (χ1n) is 5.96. The molecule has 1 aliphatic carbocycles. The molecule has 2 unspecified atom stereocenters. The van der Waals surface area contributed by atoms with Crippen molar-refractivity contribution in [1.82, 2.24) is 15.3 Å². The van der Waals surface area contributed by atoms with Gasteiger partial charge in [-0.25, -0.2) is 9.97 Å². The molecule has 1 aliphatic rings. The van der Waals surface area contributed by atoms with Gasteiger partial charge in [-0.05, 0) is 12.0 Å². The van der Waals surface area contributed by atoms with Gasteiger partial charge in [-0.15, -0.1) is 0 Å². The lowest BCUT2D eigenvalue weighted by molar-refractivity contribution is 0.669. The maximum atomic E-state index is 4.01. The largest absolute Gasteiger partial charge is 0.309 e. The molecule has 1 aromatic heterocycles. The van der Waals surface area contributed by atoms with Gasteiger partial charge in [0.1, 0.15) is 6.33 Å². The fourth-order valence-corrected chi connectivity index (χ4v) is 2.16. The normalized spacial score (nSPS) is 22.4. The number of hydrogen-bond donors (Lipinski definition) is 1. The first-order valence-corrected chi connectivity index (χ1v) is 5.96. The summed E-state index contributed by atoms with van der Waals surface area (Å²) in [6.45, 7) is 0.856. The van der Waals surface area contributed by atoms with E-state index in [4.69, 9.17) is 0 Å². The number of benzene rings is 1. The summed E-state index contributed by atoms with van der Waals surface area (Å²) in [5.41, 5.74) is 2.58. The topological polar surface area (TPSA) is 37.8 Å². The summed E-state index contributed by atoms with van der Waals surface area (Å²) in [5.74, 6) is 0.681. The quantitative estimate of drug-likeness (QED) is 0.866. The van der Waals surface area contributed by atoms with Crippen LogP contribution in [0.1, 0.15) is 23.5 Å². The van der Waals surface area contributed by atoms with E-state index in [9.17, 15) is 0 Å². The van der Waals surface area contributed by atoms with Gasteiger partial charge in [0.15, 0.2) is 0 Å². The zero-order valence-corrected chi connectivity index (χ0v) is 9.58. The van der Waals surface area contributed by atoms with E-state index in [0.29, 0.717) is 12.0 Å². The van der Waals surface area contributed by atoms with Crippen molar-refractivity contribution in [3.05, 3.63) is 60.2 Å². The van der Waals surface area contributed by atoms with Gasteiger partial charge in [-0.2, -0.15) is 0 Å². The molecule has 0 amide bonds. The number of rotatable bonds is 4. The Morgan fingerprint density at radius 2 is 1.88 bits per heavy atom. The fourth-order valence-electron chi connectivity index (χ4n) is 2.16. The molecule has 1 fully saturated rings. The Kier molecular flexibility index (Phi) is 2.84. The third-order valence-corrected chi connectivity index (χ3v) is 3.20. The number of nitrogens with zero attached hydrogens (tertiary/aromatic N) is 2. The van der Waals surface area contributed by atoms with Crippen LogP contribution >= 0.6 is 0 Å².